The summed E-state index contributed by atoms with van der Waals surface area (Å²) < 4.78 is 13.0. The number of aliphatic hydroxyl groups excluding tert-OH is 1. The van der Waals surface area contributed by atoms with Crippen molar-refractivity contribution in [3.63, 3.8) is 0 Å². The van der Waals surface area contributed by atoms with Gasteiger partial charge in [0.05, 0.1) is 18.1 Å². The molecule has 0 bridgehead atoms. The van der Waals surface area contributed by atoms with E-state index in [1.165, 1.54) is 18.2 Å². The van der Waals surface area contributed by atoms with Crippen molar-refractivity contribution in [3.8, 4) is 0 Å². The Balaban J connectivity index is 2.50. The third-order valence-electron chi connectivity index (χ3n) is 3.54. The molecule has 0 aliphatic heterocycles. The van der Waals surface area contributed by atoms with Gasteiger partial charge in [0, 0.05) is 6.54 Å². The van der Waals surface area contributed by atoms with Gasteiger partial charge in [0.2, 0.25) is 5.91 Å². The van der Waals surface area contributed by atoms with Gasteiger partial charge in [0.15, 0.2) is 0 Å². The number of halogens is 1. The molecule has 1 amide bonds. The van der Waals surface area contributed by atoms with Gasteiger partial charge >= 0.3 is 0 Å². The van der Waals surface area contributed by atoms with Crippen LogP contribution in [-0.4, -0.2) is 28.3 Å². The molecule has 1 atom stereocenters. The predicted octanol–water partition coefficient (Wildman–Crippen LogP) is 1.92. The minimum atomic E-state index is -1.05. The van der Waals surface area contributed by atoms with Gasteiger partial charge < -0.3 is 15.5 Å². The molecule has 20 heavy (non-hydrogen) atoms. The van der Waals surface area contributed by atoms with Gasteiger partial charge in [0.25, 0.3) is 0 Å². The topological polar surface area (TPSA) is 69.6 Å². The summed E-state index contributed by atoms with van der Waals surface area (Å²) in [5, 5.41) is 22.5. The molecule has 0 saturated heterocycles. The number of carbonyl (C=O) groups excluding carboxylic acids is 1. The predicted molar refractivity (Wildman–Crippen MR) is 74.5 cm³/mol. The lowest BCUT2D eigenvalue weighted by atomic mass is 9.97. The fourth-order valence-electron chi connectivity index (χ4n) is 1.84. The molecule has 1 unspecified atom stereocenters. The highest BCUT2D eigenvalue weighted by Gasteiger charge is 2.23. The standard InChI is InChI=1S/C15H22FNO3/c1-3-15(20,4-2)10-17-14(19)9-13(18)11-6-5-7-12(16)8-11/h5-8,13,18,20H,3-4,9-10H2,1-2H3,(H,17,19). The van der Waals surface area contributed by atoms with E-state index in [0.717, 1.165) is 0 Å². The van der Waals surface area contributed by atoms with Crippen molar-refractivity contribution in [2.45, 2.75) is 44.8 Å². The Bertz CT molecular complexity index is 446. The molecule has 1 aromatic rings. The molecule has 0 aliphatic carbocycles. The molecule has 0 aliphatic rings. The summed E-state index contributed by atoms with van der Waals surface area (Å²) in [4.78, 5) is 11.7. The Morgan fingerprint density at radius 1 is 1.40 bits per heavy atom. The van der Waals surface area contributed by atoms with Crippen LogP contribution in [0.2, 0.25) is 0 Å². The van der Waals surface area contributed by atoms with E-state index in [9.17, 15) is 19.4 Å². The van der Waals surface area contributed by atoms with Crippen LogP contribution in [0.25, 0.3) is 0 Å². The van der Waals surface area contributed by atoms with Crippen LogP contribution < -0.4 is 5.32 Å². The third-order valence-corrected chi connectivity index (χ3v) is 3.54. The van der Waals surface area contributed by atoms with Gasteiger partial charge in [0.1, 0.15) is 5.82 Å². The van der Waals surface area contributed by atoms with Crippen LogP contribution in [0.1, 0.15) is 44.8 Å². The van der Waals surface area contributed by atoms with Crippen LogP contribution in [0.4, 0.5) is 4.39 Å². The highest BCUT2D eigenvalue weighted by Crippen LogP contribution is 2.18. The molecule has 4 nitrogen and oxygen atoms in total. The fraction of sp³-hybridized carbons (Fsp3) is 0.533. The first-order chi connectivity index (χ1) is 9.40. The van der Waals surface area contributed by atoms with Crippen LogP contribution in [0, 0.1) is 5.82 Å². The van der Waals surface area contributed by atoms with E-state index >= 15 is 0 Å². The van der Waals surface area contributed by atoms with Crippen molar-refractivity contribution in [3.05, 3.63) is 35.6 Å². The molecule has 0 radical (unpaired) electrons. The monoisotopic (exact) mass is 283 g/mol. The van der Waals surface area contributed by atoms with Crippen LogP contribution in [0.3, 0.4) is 0 Å². The number of hydrogen-bond donors (Lipinski definition) is 3. The van der Waals surface area contributed by atoms with E-state index in [2.05, 4.69) is 5.32 Å². The minimum Gasteiger partial charge on any atom is -0.388 e. The summed E-state index contributed by atoms with van der Waals surface area (Å²) >= 11 is 0. The second-order valence-electron chi connectivity index (χ2n) is 4.98. The number of hydrogen-bond acceptors (Lipinski definition) is 3. The van der Waals surface area contributed by atoms with E-state index in [1.807, 2.05) is 13.8 Å². The first-order valence-corrected chi connectivity index (χ1v) is 6.83. The van der Waals surface area contributed by atoms with Crippen LogP contribution in [-0.2, 0) is 4.79 Å². The molecule has 112 valence electrons. The van der Waals surface area contributed by atoms with E-state index < -0.39 is 17.5 Å². The maximum absolute atomic E-state index is 13.0. The second-order valence-corrected chi connectivity index (χ2v) is 4.98. The third kappa shape index (κ3) is 4.90. The normalized spacial score (nSPS) is 13.1. The largest absolute Gasteiger partial charge is 0.388 e. The van der Waals surface area contributed by atoms with Gasteiger partial charge in [-0.1, -0.05) is 26.0 Å². The lowest BCUT2D eigenvalue weighted by molar-refractivity contribution is -0.124. The molecular weight excluding hydrogens is 261 g/mol. The average molecular weight is 283 g/mol. The maximum Gasteiger partial charge on any atom is 0.223 e. The number of amides is 1. The Morgan fingerprint density at radius 2 is 2.05 bits per heavy atom. The molecule has 1 rings (SSSR count). The quantitative estimate of drug-likeness (QED) is 0.716. The smallest absolute Gasteiger partial charge is 0.223 e. The summed E-state index contributed by atoms with van der Waals surface area (Å²) in [7, 11) is 0. The summed E-state index contributed by atoms with van der Waals surface area (Å²) in [6.07, 6.45) is -0.138. The summed E-state index contributed by atoms with van der Waals surface area (Å²) in [5.74, 6) is -0.824. The zero-order valence-electron chi connectivity index (χ0n) is 11.9. The highest BCUT2D eigenvalue weighted by atomic mass is 19.1. The zero-order valence-corrected chi connectivity index (χ0v) is 11.9. The Morgan fingerprint density at radius 3 is 2.60 bits per heavy atom. The summed E-state index contributed by atoms with van der Waals surface area (Å²) in [5.41, 5.74) is -0.555. The first kappa shape index (κ1) is 16.6. The van der Waals surface area contributed by atoms with Gasteiger partial charge in [-0.05, 0) is 30.5 Å². The van der Waals surface area contributed by atoms with E-state index in [4.69, 9.17) is 0 Å². The molecule has 0 aromatic heterocycles. The lowest BCUT2D eigenvalue weighted by Crippen LogP contribution is -2.42. The molecule has 0 saturated carbocycles. The second kappa shape index (κ2) is 7.36. The summed E-state index contributed by atoms with van der Waals surface area (Å²) in [6, 6.07) is 5.53. The number of aliphatic hydroxyl groups is 2. The van der Waals surface area contributed by atoms with Gasteiger partial charge in [-0.15, -0.1) is 0 Å². The highest BCUT2D eigenvalue weighted by molar-refractivity contribution is 5.76. The SMILES string of the molecule is CCC(O)(CC)CNC(=O)CC(O)c1cccc(F)c1. The van der Waals surface area contributed by atoms with Gasteiger partial charge in [-0.2, -0.15) is 0 Å². The number of benzene rings is 1. The Hall–Kier alpha value is -1.46. The van der Waals surface area contributed by atoms with Crippen LogP contribution >= 0.6 is 0 Å². The summed E-state index contributed by atoms with van der Waals surface area (Å²) in [6.45, 7) is 3.84. The van der Waals surface area contributed by atoms with Gasteiger partial charge in [-0.3, -0.25) is 4.79 Å². The minimum absolute atomic E-state index is 0.148. The molecular formula is C15H22FNO3. The molecule has 1 aromatic carbocycles. The van der Waals surface area contributed by atoms with Crippen molar-refractivity contribution in [2.24, 2.45) is 0 Å². The van der Waals surface area contributed by atoms with Crippen molar-refractivity contribution < 1.29 is 19.4 Å². The fourth-order valence-corrected chi connectivity index (χ4v) is 1.84. The van der Waals surface area contributed by atoms with E-state index in [-0.39, 0.29) is 18.9 Å². The number of carbonyl (C=O) groups is 1. The van der Waals surface area contributed by atoms with Crippen molar-refractivity contribution in [1.82, 2.24) is 5.32 Å². The van der Waals surface area contributed by atoms with Gasteiger partial charge in [-0.25, -0.2) is 4.39 Å². The zero-order chi connectivity index (χ0) is 15.2. The van der Waals surface area contributed by atoms with E-state index in [0.29, 0.717) is 18.4 Å². The lowest BCUT2D eigenvalue weighted by Gasteiger charge is -2.25. The van der Waals surface area contributed by atoms with E-state index in [1.54, 1.807) is 6.07 Å². The Kier molecular flexibility index (Phi) is 6.10. The van der Waals surface area contributed by atoms with Crippen LogP contribution in [0.15, 0.2) is 24.3 Å². The molecule has 5 heteroatoms. The van der Waals surface area contributed by atoms with Crippen molar-refractivity contribution in [2.75, 3.05) is 6.54 Å². The maximum atomic E-state index is 13.0. The van der Waals surface area contributed by atoms with Crippen molar-refractivity contribution in [1.29, 1.82) is 0 Å². The Labute approximate surface area is 118 Å². The van der Waals surface area contributed by atoms with Crippen LogP contribution in [0.5, 0.6) is 0 Å². The number of nitrogens with one attached hydrogen (secondary N) is 1. The molecule has 0 spiro atoms. The molecule has 3 N–H and O–H groups in total. The number of rotatable bonds is 7. The van der Waals surface area contributed by atoms with Crippen molar-refractivity contribution >= 4 is 5.91 Å². The molecule has 0 fully saturated rings. The average Bonchev–Trinajstić information content (AvgIpc) is 2.44. The molecule has 0 heterocycles. The first-order valence-electron chi connectivity index (χ1n) is 6.83.